The minimum Gasteiger partial charge on any atom is -0.504 e. The number of hydrogen-bond acceptors (Lipinski definition) is 6. The number of aromatic hydroxyl groups is 1. The molecule has 9 heteroatoms. The molecular weight excluding hydrogens is 514 g/mol. The van der Waals surface area contributed by atoms with Crippen molar-refractivity contribution in [3.8, 4) is 11.5 Å². The lowest BCUT2D eigenvalue weighted by molar-refractivity contribution is -0.111. The highest BCUT2D eigenvalue weighted by molar-refractivity contribution is 9.10. The van der Waals surface area contributed by atoms with Crippen LogP contribution >= 0.6 is 15.9 Å². The summed E-state index contributed by atoms with van der Waals surface area (Å²) in [5.74, 6) is -0.627. The Balaban J connectivity index is 1.78. The Labute approximate surface area is 211 Å². The maximum Gasteiger partial charge on any atom is 0.412 e. The van der Waals surface area contributed by atoms with Gasteiger partial charge < -0.3 is 25.6 Å². The molecule has 182 valence electrons. The van der Waals surface area contributed by atoms with Crippen molar-refractivity contribution in [1.29, 1.82) is 0 Å². The molecule has 0 spiro atoms. The molecule has 35 heavy (non-hydrogen) atoms. The number of para-hydroxylation sites is 2. The summed E-state index contributed by atoms with van der Waals surface area (Å²) in [4.78, 5) is 25.1. The third-order valence-electron chi connectivity index (χ3n) is 5.10. The van der Waals surface area contributed by atoms with Gasteiger partial charge in [-0.1, -0.05) is 47.1 Å². The highest BCUT2D eigenvalue weighted by atomic mass is 79.9. The third-order valence-corrected chi connectivity index (χ3v) is 5.63. The van der Waals surface area contributed by atoms with Crippen LogP contribution in [0.3, 0.4) is 0 Å². The molecule has 0 aromatic heterocycles. The largest absolute Gasteiger partial charge is 0.504 e. The van der Waals surface area contributed by atoms with Gasteiger partial charge in [-0.2, -0.15) is 0 Å². The number of rotatable bonds is 8. The fourth-order valence-corrected chi connectivity index (χ4v) is 3.55. The number of benzene rings is 3. The number of methoxy groups -OCH3 is 1. The van der Waals surface area contributed by atoms with E-state index in [1.54, 1.807) is 73.7 Å². The number of amides is 2. The number of nitrogen functional groups attached to an aromatic ring is 1. The highest BCUT2D eigenvalue weighted by Crippen LogP contribution is 2.34. The number of nitrogens with two attached hydrogens (primary N) is 1. The fraction of sp³-hybridized carbons (Fsp3) is 0.154. The Morgan fingerprint density at radius 1 is 1.06 bits per heavy atom. The van der Waals surface area contributed by atoms with Gasteiger partial charge in [0.05, 0.1) is 18.5 Å². The molecule has 3 aromatic rings. The van der Waals surface area contributed by atoms with E-state index in [9.17, 15) is 14.7 Å². The minimum absolute atomic E-state index is 0.0969. The zero-order chi connectivity index (χ0) is 25.4. The standard InChI is InChI=1S/C26H26BrN3O5/c1-16(7-14-24(32)30-21-6-4-3-5-20(21)28)25(17-8-13-23(34-2)22(31)15-17)35-26(33)29-19-11-9-18(27)10-12-19/h3-16,25,31H,28H2,1-2H3,(H,29,33)(H,30,32)/b14-7+/t16-,25+/m0/s1. The van der Waals surface area contributed by atoms with Crippen LogP contribution in [0.15, 0.2) is 83.4 Å². The van der Waals surface area contributed by atoms with E-state index < -0.39 is 18.1 Å². The van der Waals surface area contributed by atoms with Crippen molar-refractivity contribution in [3.05, 3.63) is 88.9 Å². The summed E-state index contributed by atoms with van der Waals surface area (Å²) in [6, 6.07) is 18.7. The maximum atomic E-state index is 12.7. The summed E-state index contributed by atoms with van der Waals surface area (Å²) in [5, 5.41) is 15.6. The van der Waals surface area contributed by atoms with Gasteiger partial charge in [-0.3, -0.25) is 10.1 Å². The van der Waals surface area contributed by atoms with Crippen LogP contribution in [0.25, 0.3) is 0 Å². The summed E-state index contributed by atoms with van der Waals surface area (Å²) >= 11 is 3.35. The third kappa shape index (κ3) is 7.25. The van der Waals surface area contributed by atoms with Gasteiger partial charge in [0.1, 0.15) is 6.10 Å². The molecule has 0 heterocycles. The average molecular weight is 540 g/mol. The average Bonchev–Trinajstić information content (AvgIpc) is 2.84. The van der Waals surface area contributed by atoms with Crippen molar-refractivity contribution in [2.75, 3.05) is 23.5 Å². The minimum atomic E-state index is -0.812. The number of phenols is 1. The van der Waals surface area contributed by atoms with Crippen LogP contribution in [-0.2, 0) is 9.53 Å². The lowest BCUT2D eigenvalue weighted by Gasteiger charge is -2.23. The molecule has 0 saturated carbocycles. The van der Waals surface area contributed by atoms with Gasteiger partial charge in [-0.15, -0.1) is 0 Å². The first-order valence-electron chi connectivity index (χ1n) is 10.7. The SMILES string of the molecule is COc1ccc([C@H](OC(=O)Nc2ccc(Br)cc2)[C@@H](C)/C=C/C(=O)Nc2ccccc2N)cc1O. The molecule has 0 aliphatic heterocycles. The van der Waals surface area contributed by atoms with E-state index in [4.69, 9.17) is 15.2 Å². The second kappa shape index (κ2) is 11.9. The van der Waals surface area contributed by atoms with Crippen LogP contribution in [-0.4, -0.2) is 24.2 Å². The fourth-order valence-electron chi connectivity index (χ4n) is 3.28. The number of hydrogen-bond donors (Lipinski definition) is 4. The molecule has 2 atom stereocenters. The molecular formula is C26H26BrN3O5. The zero-order valence-electron chi connectivity index (χ0n) is 19.2. The molecule has 8 nitrogen and oxygen atoms in total. The molecule has 0 aliphatic carbocycles. The van der Waals surface area contributed by atoms with E-state index in [1.807, 2.05) is 0 Å². The van der Waals surface area contributed by atoms with Gasteiger partial charge in [0, 0.05) is 16.1 Å². The first-order valence-corrected chi connectivity index (χ1v) is 11.5. The van der Waals surface area contributed by atoms with Gasteiger partial charge in [0.2, 0.25) is 5.91 Å². The van der Waals surface area contributed by atoms with E-state index in [2.05, 4.69) is 26.6 Å². The Morgan fingerprint density at radius 2 is 1.77 bits per heavy atom. The summed E-state index contributed by atoms with van der Waals surface area (Å²) in [5.41, 5.74) is 7.90. The van der Waals surface area contributed by atoms with E-state index in [0.29, 0.717) is 22.6 Å². The Bertz CT molecular complexity index is 1210. The van der Waals surface area contributed by atoms with Gasteiger partial charge >= 0.3 is 6.09 Å². The van der Waals surface area contributed by atoms with E-state index in [0.717, 1.165) is 4.47 Å². The molecule has 2 amide bonds. The number of halogens is 1. The lowest BCUT2D eigenvalue weighted by atomic mass is 9.96. The van der Waals surface area contributed by atoms with Crippen molar-refractivity contribution < 1.29 is 24.2 Å². The van der Waals surface area contributed by atoms with E-state index in [-0.39, 0.29) is 17.4 Å². The van der Waals surface area contributed by atoms with Gasteiger partial charge in [-0.05, 0) is 60.2 Å². The number of carbonyl (C=O) groups excluding carboxylic acids is 2. The van der Waals surface area contributed by atoms with Crippen molar-refractivity contribution in [3.63, 3.8) is 0 Å². The molecule has 0 radical (unpaired) electrons. The number of anilines is 3. The normalized spacial score (nSPS) is 12.5. The Morgan fingerprint density at radius 3 is 2.43 bits per heavy atom. The summed E-state index contributed by atoms with van der Waals surface area (Å²) in [6.45, 7) is 1.79. The molecule has 0 aliphatic rings. The summed E-state index contributed by atoms with van der Waals surface area (Å²) in [7, 11) is 1.44. The molecule has 0 fully saturated rings. The number of carbonyl (C=O) groups is 2. The van der Waals surface area contributed by atoms with Crippen LogP contribution in [0.1, 0.15) is 18.6 Å². The summed E-state index contributed by atoms with van der Waals surface area (Å²) in [6.07, 6.45) is 1.47. The number of ether oxygens (including phenoxy) is 2. The molecule has 0 unspecified atom stereocenters. The van der Waals surface area contributed by atoms with Crippen LogP contribution < -0.4 is 21.1 Å². The van der Waals surface area contributed by atoms with Crippen molar-refractivity contribution in [2.45, 2.75) is 13.0 Å². The van der Waals surface area contributed by atoms with Crippen LogP contribution in [0.5, 0.6) is 11.5 Å². The molecule has 3 rings (SSSR count). The highest BCUT2D eigenvalue weighted by Gasteiger charge is 2.24. The lowest BCUT2D eigenvalue weighted by Crippen LogP contribution is -2.21. The number of phenolic OH excluding ortho intramolecular Hbond substituents is 1. The van der Waals surface area contributed by atoms with Crippen LogP contribution in [0.4, 0.5) is 21.9 Å². The van der Waals surface area contributed by atoms with Gasteiger partial charge in [0.15, 0.2) is 11.5 Å². The van der Waals surface area contributed by atoms with Gasteiger partial charge in [-0.25, -0.2) is 4.79 Å². The monoisotopic (exact) mass is 539 g/mol. The number of nitrogens with one attached hydrogen (secondary N) is 2. The molecule has 5 N–H and O–H groups in total. The molecule has 0 saturated heterocycles. The van der Waals surface area contributed by atoms with Crippen molar-refractivity contribution in [1.82, 2.24) is 0 Å². The molecule has 3 aromatic carbocycles. The van der Waals surface area contributed by atoms with Crippen molar-refractivity contribution >= 4 is 45.0 Å². The zero-order valence-corrected chi connectivity index (χ0v) is 20.8. The second-order valence-corrected chi connectivity index (χ2v) is 8.60. The molecule has 0 bridgehead atoms. The summed E-state index contributed by atoms with van der Waals surface area (Å²) < 4.78 is 11.7. The second-order valence-electron chi connectivity index (χ2n) is 7.68. The predicted octanol–water partition coefficient (Wildman–Crippen LogP) is 5.87. The van der Waals surface area contributed by atoms with Crippen LogP contribution in [0.2, 0.25) is 0 Å². The Kier molecular flexibility index (Phi) is 8.74. The first kappa shape index (κ1) is 25.6. The smallest absolute Gasteiger partial charge is 0.412 e. The topological polar surface area (TPSA) is 123 Å². The van der Waals surface area contributed by atoms with Crippen LogP contribution in [0, 0.1) is 5.92 Å². The first-order chi connectivity index (χ1) is 16.8. The quantitative estimate of drug-likeness (QED) is 0.210. The van der Waals surface area contributed by atoms with E-state index in [1.165, 1.54) is 19.3 Å². The predicted molar refractivity (Wildman–Crippen MR) is 139 cm³/mol. The maximum absolute atomic E-state index is 12.7. The Hall–Kier alpha value is -3.98. The van der Waals surface area contributed by atoms with Gasteiger partial charge in [0.25, 0.3) is 0 Å². The van der Waals surface area contributed by atoms with Crippen molar-refractivity contribution in [2.24, 2.45) is 5.92 Å². The van der Waals surface area contributed by atoms with E-state index >= 15 is 0 Å².